The summed E-state index contributed by atoms with van der Waals surface area (Å²) in [4.78, 5) is 12.7. The second-order valence-corrected chi connectivity index (χ2v) is 5.46. The first-order valence-corrected chi connectivity index (χ1v) is 6.52. The molecule has 0 aliphatic rings. The van der Waals surface area contributed by atoms with Crippen LogP contribution in [0.2, 0.25) is 0 Å². The molecule has 0 heterocycles. The van der Waals surface area contributed by atoms with Crippen molar-refractivity contribution in [2.24, 2.45) is 0 Å². The van der Waals surface area contributed by atoms with E-state index in [0.29, 0.717) is 11.3 Å². The van der Waals surface area contributed by atoms with Crippen LogP contribution in [0.15, 0.2) is 29.2 Å². The van der Waals surface area contributed by atoms with E-state index in [1.54, 1.807) is 32.0 Å². The molecule has 0 saturated heterocycles. The lowest BCUT2D eigenvalue weighted by Gasteiger charge is -2.18. The van der Waals surface area contributed by atoms with Gasteiger partial charge in [-0.05, 0) is 26.0 Å². The summed E-state index contributed by atoms with van der Waals surface area (Å²) >= 11 is 1.32. The summed E-state index contributed by atoms with van der Waals surface area (Å²) in [7, 11) is 0. The number of thioether (sulfide) groups is 1. The van der Waals surface area contributed by atoms with Crippen LogP contribution >= 0.6 is 11.8 Å². The largest absolute Gasteiger partial charge is 0.389 e. The highest BCUT2D eigenvalue weighted by Gasteiger charge is 2.16. The molecule has 0 aliphatic heterocycles. The van der Waals surface area contributed by atoms with Gasteiger partial charge in [0.2, 0.25) is 0 Å². The molecule has 1 aromatic rings. The van der Waals surface area contributed by atoms with Crippen molar-refractivity contribution in [1.29, 1.82) is 5.26 Å². The predicted octanol–water partition coefficient (Wildman–Crippen LogP) is 1.80. The van der Waals surface area contributed by atoms with E-state index in [0.717, 1.165) is 4.90 Å². The lowest BCUT2D eigenvalue weighted by atomic mass is 10.1. The normalized spacial score (nSPS) is 10.8. The molecule has 96 valence electrons. The standard InChI is InChI=1S/C13H16N2O2S/c1-13(2,17)9-15-12(16)10-5-3-4-6-11(10)18-8-7-14/h3-6,17H,8-9H2,1-2H3,(H,15,16). The fourth-order valence-electron chi connectivity index (χ4n) is 1.28. The Morgan fingerprint density at radius 1 is 1.50 bits per heavy atom. The van der Waals surface area contributed by atoms with Gasteiger partial charge in [-0.2, -0.15) is 5.26 Å². The number of carbonyl (C=O) groups excluding carboxylic acids is 1. The molecule has 1 rings (SSSR count). The molecular weight excluding hydrogens is 248 g/mol. The molecule has 1 aromatic carbocycles. The third-order valence-corrected chi connectivity index (χ3v) is 3.05. The molecule has 1 amide bonds. The van der Waals surface area contributed by atoms with E-state index >= 15 is 0 Å². The van der Waals surface area contributed by atoms with Gasteiger partial charge >= 0.3 is 0 Å². The minimum absolute atomic E-state index is 0.184. The van der Waals surface area contributed by atoms with E-state index < -0.39 is 5.60 Å². The minimum atomic E-state index is -0.940. The summed E-state index contributed by atoms with van der Waals surface area (Å²) < 4.78 is 0. The zero-order valence-electron chi connectivity index (χ0n) is 10.4. The van der Waals surface area contributed by atoms with Crippen molar-refractivity contribution in [2.45, 2.75) is 24.3 Å². The first-order chi connectivity index (χ1) is 8.44. The summed E-state index contributed by atoms with van der Waals surface area (Å²) in [5, 5.41) is 20.8. The Hall–Kier alpha value is -1.51. The first-order valence-electron chi connectivity index (χ1n) is 5.53. The minimum Gasteiger partial charge on any atom is -0.389 e. The van der Waals surface area contributed by atoms with E-state index in [9.17, 15) is 9.90 Å². The molecule has 0 aliphatic carbocycles. The SMILES string of the molecule is CC(C)(O)CNC(=O)c1ccccc1SCC#N. The van der Waals surface area contributed by atoms with Crippen LogP contribution in [0, 0.1) is 11.3 Å². The number of benzene rings is 1. The zero-order valence-corrected chi connectivity index (χ0v) is 11.3. The molecule has 0 saturated carbocycles. The van der Waals surface area contributed by atoms with Crippen LogP contribution in [-0.4, -0.2) is 28.9 Å². The Morgan fingerprint density at radius 2 is 2.17 bits per heavy atom. The highest BCUT2D eigenvalue weighted by atomic mass is 32.2. The van der Waals surface area contributed by atoms with E-state index in [4.69, 9.17) is 5.26 Å². The maximum Gasteiger partial charge on any atom is 0.252 e. The molecule has 0 unspecified atom stereocenters. The van der Waals surface area contributed by atoms with Crippen LogP contribution < -0.4 is 5.32 Å². The van der Waals surface area contributed by atoms with Gasteiger partial charge < -0.3 is 10.4 Å². The number of nitrogens with one attached hydrogen (secondary N) is 1. The number of aliphatic hydroxyl groups is 1. The van der Waals surface area contributed by atoms with Crippen molar-refractivity contribution in [2.75, 3.05) is 12.3 Å². The first kappa shape index (κ1) is 14.6. The van der Waals surface area contributed by atoms with E-state index in [-0.39, 0.29) is 12.5 Å². The summed E-state index contributed by atoms with van der Waals surface area (Å²) in [5.41, 5.74) is -0.410. The quantitative estimate of drug-likeness (QED) is 0.795. The van der Waals surface area contributed by atoms with Crippen molar-refractivity contribution < 1.29 is 9.90 Å². The Bertz CT molecular complexity index is 461. The lowest BCUT2D eigenvalue weighted by Crippen LogP contribution is -2.38. The van der Waals surface area contributed by atoms with Gasteiger partial charge in [0, 0.05) is 11.4 Å². The van der Waals surface area contributed by atoms with Gasteiger partial charge in [0.25, 0.3) is 5.91 Å². The van der Waals surface area contributed by atoms with Gasteiger partial charge in [-0.3, -0.25) is 4.79 Å². The van der Waals surface area contributed by atoms with Crippen LogP contribution in [0.25, 0.3) is 0 Å². The summed E-state index contributed by atoms with van der Waals surface area (Å²) in [6, 6.07) is 9.14. The molecule has 18 heavy (non-hydrogen) atoms. The van der Waals surface area contributed by atoms with Crippen LogP contribution in [0.1, 0.15) is 24.2 Å². The van der Waals surface area contributed by atoms with E-state index in [1.165, 1.54) is 11.8 Å². The molecule has 0 atom stereocenters. The van der Waals surface area contributed by atoms with Crippen molar-refractivity contribution in [3.05, 3.63) is 29.8 Å². The highest BCUT2D eigenvalue weighted by molar-refractivity contribution is 7.99. The Morgan fingerprint density at radius 3 is 2.78 bits per heavy atom. The van der Waals surface area contributed by atoms with Crippen LogP contribution in [0.5, 0.6) is 0 Å². The number of carbonyl (C=O) groups is 1. The van der Waals surface area contributed by atoms with Crippen molar-refractivity contribution in [3.63, 3.8) is 0 Å². The molecule has 4 nitrogen and oxygen atoms in total. The van der Waals surface area contributed by atoms with Crippen molar-refractivity contribution in [1.82, 2.24) is 5.32 Å². The molecule has 0 bridgehead atoms. The maximum atomic E-state index is 12.0. The fraction of sp³-hybridized carbons (Fsp3) is 0.385. The second kappa shape index (κ2) is 6.43. The highest BCUT2D eigenvalue weighted by Crippen LogP contribution is 2.22. The lowest BCUT2D eigenvalue weighted by molar-refractivity contribution is 0.0693. The van der Waals surface area contributed by atoms with Gasteiger partial charge in [-0.25, -0.2) is 0 Å². The molecule has 0 aromatic heterocycles. The Kier molecular flexibility index (Phi) is 5.20. The topological polar surface area (TPSA) is 73.1 Å². The molecular formula is C13H16N2O2S. The van der Waals surface area contributed by atoms with Crippen molar-refractivity contribution >= 4 is 17.7 Å². The Labute approximate surface area is 111 Å². The third-order valence-electron chi connectivity index (χ3n) is 2.11. The maximum absolute atomic E-state index is 12.0. The zero-order chi connectivity index (χ0) is 13.6. The number of nitrogens with zero attached hydrogens (tertiary/aromatic N) is 1. The second-order valence-electron chi connectivity index (χ2n) is 4.44. The predicted molar refractivity (Wildman–Crippen MR) is 71.4 cm³/mol. The smallest absolute Gasteiger partial charge is 0.252 e. The molecule has 2 N–H and O–H groups in total. The number of hydrogen-bond acceptors (Lipinski definition) is 4. The molecule has 0 radical (unpaired) electrons. The number of rotatable bonds is 5. The van der Waals surface area contributed by atoms with Gasteiger partial charge in [-0.1, -0.05) is 12.1 Å². The number of nitriles is 1. The number of amides is 1. The van der Waals surface area contributed by atoms with Crippen LogP contribution in [0.3, 0.4) is 0 Å². The van der Waals surface area contributed by atoms with Gasteiger partial charge in [-0.15, -0.1) is 11.8 Å². The summed E-state index contributed by atoms with van der Waals surface area (Å²) in [6.45, 7) is 3.44. The van der Waals surface area contributed by atoms with Gasteiger partial charge in [0.1, 0.15) is 0 Å². The molecule has 0 spiro atoms. The molecule has 0 fully saturated rings. The number of hydrogen-bond donors (Lipinski definition) is 2. The summed E-state index contributed by atoms with van der Waals surface area (Å²) in [5.74, 6) is 0.0636. The van der Waals surface area contributed by atoms with Crippen LogP contribution in [0.4, 0.5) is 0 Å². The Balaban J connectivity index is 2.76. The monoisotopic (exact) mass is 264 g/mol. The summed E-state index contributed by atoms with van der Waals surface area (Å²) in [6.07, 6.45) is 0. The van der Waals surface area contributed by atoms with E-state index in [2.05, 4.69) is 5.32 Å². The molecule has 5 heteroatoms. The third kappa shape index (κ3) is 4.78. The fourth-order valence-corrected chi connectivity index (χ4v) is 1.99. The van der Waals surface area contributed by atoms with Crippen molar-refractivity contribution in [3.8, 4) is 6.07 Å². The average molecular weight is 264 g/mol. The van der Waals surface area contributed by atoms with Gasteiger partial charge in [0.15, 0.2) is 0 Å². The van der Waals surface area contributed by atoms with E-state index in [1.807, 2.05) is 12.1 Å². The van der Waals surface area contributed by atoms with Gasteiger partial charge in [0.05, 0.1) is 23.0 Å². The van der Waals surface area contributed by atoms with Crippen LogP contribution in [-0.2, 0) is 0 Å². The average Bonchev–Trinajstić information content (AvgIpc) is 2.33.